The minimum atomic E-state index is -0.546. The zero-order valence-corrected chi connectivity index (χ0v) is 14.4. The molecule has 0 aliphatic carbocycles. The van der Waals surface area contributed by atoms with E-state index in [-0.39, 0.29) is 11.4 Å². The van der Waals surface area contributed by atoms with Gasteiger partial charge in [0.2, 0.25) is 0 Å². The number of phenols is 1. The molecule has 6 nitrogen and oxygen atoms in total. The summed E-state index contributed by atoms with van der Waals surface area (Å²) in [5, 5.41) is 21.1. The zero-order chi connectivity index (χ0) is 18.0. The van der Waals surface area contributed by atoms with Crippen molar-refractivity contribution in [3.05, 3.63) is 63.5 Å². The maximum Gasteiger partial charge on any atom is 0.311 e. The fourth-order valence-corrected chi connectivity index (χ4v) is 3.07. The second-order valence-corrected chi connectivity index (χ2v) is 6.24. The summed E-state index contributed by atoms with van der Waals surface area (Å²) in [6, 6.07) is 11.2. The molecule has 0 saturated heterocycles. The number of aromatic hydroxyl groups is 1. The van der Waals surface area contributed by atoms with E-state index >= 15 is 0 Å². The molecule has 3 aromatic rings. The van der Waals surface area contributed by atoms with Crippen molar-refractivity contribution in [1.82, 2.24) is 9.55 Å². The first-order valence-corrected chi connectivity index (χ1v) is 8.42. The highest BCUT2D eigenvalue weighted by molar-refractivity contribution is 5.76. The molecular formula is C19H21N3O3. The molecule has 0 unspecified atom stereocenters. The molecular weight excluding hydrogens is 318 g/mol. The van der Waals surface area contributed by atoms with Crippen molar-refractivity contribution in [3.63, 3.8) is 0 Å². The standard InChI is InChI=1S/C19H21N3O3/c1-3-4-9-18-20-15-7-5-6-8-16(15)21(18)12-14-10-13(2)19(23)17(11-14)22(24)25/h5-8,10-11,23H,3-4,9,12H2,1-2H3. The fourth-order valence-electron chi connectivity index (χ4n) is 3.07. The molecule has 0 fully saturated rings. The molecule has 25 heavy (non-hydrogen) atoms. The number of nitrogens with zero attached hydrogens (tertiary/aromatic N) is 3. The summed E-state index contributed by atoms with van der Waals surface area (Å²) in [6.07, 6.45) is 2.98. The molecule has 1 aromatic heterocycles. The van der Waals surface area contributed by atoms with Crippen LogP contribution in [0.1, 0.15) is 36.7 Å². The number of phenolic OH excluding ortho intramolecular Hbond substituents is 1. The van der Waals surface area contributed by atoms with E-state index in [9.17, 15) is 15.2 Å². The lowest BCUT2D eigenvalue weighted by molar-refractivity contribution is -0.386. The summed E-state index contributed by atoms with van der Waals surface area (Å²) in [5.41, 5.74) is 2.97. The predicted octanol–water partition coefficient (Wildman–Crippen LogP) is 4.35. The Labute approximate surface area is 145 Å². The molecule has 3 rings (SSSR count). The van der Waals surface area contributed by atoms with Crippen molar-refractivity contribution < 1.29 is 10.0 Å². The Bertz CT molecular complexity index is 931. The van der Waals surface area contributed by atoms with Crippen LogP contribution in [0.3, 0.4) is 0 Å². The van der Waals surface area contributed by atoms with Crippen LogP contribution < -0.4 is 0 Å². The van der Waals surface area contributed by atoms with E-state index in [1.165, 1.54) is 6.07 Å². The normalized spacial score (nSPS) is 11.1. The smallest absolute Gasteiger partial charge is 0.311 e. The minimum Gasteiger partial charge on any atom is -0.502 e. The second kappa shape index (κ2) is 6.93. The summed E-state index contributed by atoms with van der Waals surface area (Å²) in [7, 11) is 0. The van der Waals surface area contributed by atoms with Crippen molar-refractivity contribution in [2.24, 2.45) is 0 Å². The number of imidazole rings is 1. The van der Waals surface area contributed by atoms with Gasteiger partial charge in [0.1, 0.15) is 5.82 Å². The van der Waals surface area contributed by atoms with Crippen LogP contribution in [-0.2, 0) is 13.0 Å². The summed E-state index contributed by atoms with van der Waals surface area (Å²) in [5.74, 6) is 0.715. The van der Waals surface area contributed by atoms with E-state index in [0.717, 1.165) is 41.7 Å². The highest BCUT2D eigenvalue weighted by atomic mass is 16.6. The number of hydrogen-bond donors (Lipinski definition) is 1. The Morgan fingerprint density at radius 3 is 2.76 bits per heavy atom. The van der Waals surface area contributed by atoms with Gasteiger partial charge in [0.25, 0.3) is 0 Å². The number of unbranched alkanes of at least 4 members (excludes halogenated alkanes) is 1. The Balaban J connectivity index is 2.07. The highest BCUT2D eigenvalue weighted by Gasteiger charge is 2.18. The van der Waals surface area contributed by atoms with E-state index in [1.54, 1.807) is 13.0 Å². The zero-order valence-electron chi connectivity index (χ0n) is 14.4. The first-order chi connectivity index (χ1) is 12.0. The van der Waals surface area contributed by atoms with Crippen LogP contribution in [-0.4, -0.2) is 19.6 Å². The average molecular weight is 339 g/mol. The SMILES string of the molecule is CCCCc1nc2ccccc2n1Cc1cc(C)c(O)c([N+](=O)[O-])c1. The maximum atomic E-state index is 11.2. The molecule has 1 N–H and O–H groups in total. The Hall–Kier alpha value is -2.89. The lowest BCUT2D eigenvalue weighted by Crippen LogP contribution is -2.06. The average Bonchev–Trinajstić information content (AvgIpc) is 2.93. The lowest BCUT2D eigenvalue weighted by atomic mass is 10.1. The van der Waals surface area contributed by atoms with Gasteiger partial charge < -0.3 is 9.67 Å². The van der Waals surface area contributed by atoms with Gasteiger partial charge in [-0.1, -0.05) is 31.5 Å². The number of aromatic nitrogens is 2. The Morgan fingerprint density at radius 1 is 1.28 bits per heavy atom. The molecule has 0 aliphatic heterocycles. The second-order valence-electron chi connectivity index (χ2n) is 6.24. The first kappa shape index (κ1) is 17.0. The van der Waals surface area contributed by atoms with Gasteiger partial charge >= 0.3 is 5.69 Å². The summed E-state index contributed by atoms with van der Waals surface area (Å²) < 4.78 is 2.11. The van der Waals surface area contributed by atoms with E-state index in [4.69, 9.17) is 4.98 Å². The van der Waals surface area contributed by atoms with Gasteiger partial charge in [-0.3, -0.25) is 10.1 Å². The van der Waals surface area contributed by atoms with E-state index < -0.39 is 4.92 Å². The van der Waals surface area contributed by atoms with Crippen molar-refractivity contribution >= 4 is 16.7 Å². The fraction of sp³-hybridized carbons (Fsp3) is 0.316. The number of rotatable bonds is 6. The van der Waals surface area contributed by atoms with Crippen LogP contribution in [0.4, 0.5) is 5.69 Å². The summed E-state index contributed by atoms with van der Waals surface area (Å²) >= 11 is 0. The number of benzene rings is 2. The van der Waals surface area contributed by atoms with Crippen LogP contribution in [0.2, 0.25) is 0 Å². The molecule has 6 heteroatoms. The predicted molar refractivity (Wildman–Crippen MR) is 96.9 cm³/mol. The molecule has 130 valence electrons. The van der Waals surface area contributed by atoms with Crippen LogP contribution in [0.25, 0.3) is 11.0 Å². The van der Waals surface area contributed by atoms with Crippen molar-refractivity contribution in [3.8, 4) is 5.75 Å². The number of nitro groups is 1. The van der Waals surface area contributed by atoms with Gasteiger partial charge in [0, 0.05) is 19.0 Å². The molecule has 0 aliphatic rings. The quantitative estimate of drug-likeness (QED) is 0.535. The Morgan fingerprint density at radius 2 is 2.04 bits per heavy atom. The van der Waals surface area contributed by atoms with Crippen LogP contribution in [0.15, 0.2) is 36.4 Å². The summed E-state index contributed by atoms with van der Waals surface area (Å²) in [4.78, 5) is 15.4. The van der Waals surface area contributed by atoms with Gasteiger partial charge in [-0.15, -0.1) is 0 Å². The van der Waals surface area contributed by atoms with Crippen LogP contribution in [0, 0.1) is 17.0 Å². The third-order valence-electron chi connectivity index (χ3n) is 4.37. The van der Waals surface area contributed by atoms with Crippen LogP contribution in [0.5, 0.6) is 5.75 Å². The van der Waals surface area contributed by atoms with Gasteiger partial charge in [-0.25, -0.2) is 4.98 Å². The molecule has 2 aromatic carbocycles. The molecule has 0 amide bonds. The third kappa shape index (κ3) is 3.33. The number of para-hydroxylation sites is 2. The van der Waals surface area contributed by atoms with E-state index in [0.29, 0.717) is 12.1 Å². The largest absolute Gasteiger partial charge is 0.502 e. The van der Waals surface area contributed by atoms with Crippen molar-refractivity contribution in [2.45, 2.75) is 39.7 Å². The number of nitro benzene ring substituents is 1. The number of aryl methyl sites for hydroxylation is 2. The maximum absolute atomic E-state index is 11.2. The number of fused-ring (bicyclic) bond motifs is 1. The molecule has 0 radical (unpaired) electrons. The molecule has 1 heterocycles. The van der Waals surface area contributed by atoms with Gasteiger partial charge in [0.15, 0.2) is 5.75 Å². The minimum absolute atomic E-state index is 0.255. The van der Waals surface area contributed by atoms with Crippen LogP contribution >= 0.6 is 0 Å². The molecule has 0 saturated carbocycles. The Kier molecular flexibility index (Phi) is 4.70. The van der Waals surface area contributed by atoms with Gasteiger partial charge in [-0.2, -0.15) is 0 Å². The van der Waals surface area contributed by atoms with Crippen molar-refractivity contribution in [2.75, 3.05) is 0 Å². The van der Waals surface area contributed by atoms with E-state index in [1.807, 2.05) is 24.3 Å². The topological polar surface area (TPSA) is 81.2 Å². The monoisotopic (exact) mass is 339 g/mol. The third-order valence-corrected chi connectivity index (χ3v) is 4.37. The van der Waals surface area contributed by atoms with Gasteiger partial charge in [-0.05, 0) is 36.6 Å². The highest BCUT2D eigenvalue weighted by Crippen LogP contribution is 2.31. The number of hydrogen-bond acceptors (Lipinski definition) is 4. The summed E-state index contributed by atoms with van der Waals surface area (Å²) in [6.45, 7) is 4.30. The first-order valence-electron chi connectivity index (χ1n) is 8.42. The molecule has 0 bridgehead atoms. The molecule has 0 spiro atoms. The van der Waals surface area contributed by atoms with Crippen molar-refractivity contribution in [1.29, 1.82) is 0 Å². The van der Waals surface area contributed by atoms with Gasteiger partial charge in [0.05, 0.1) is 16.0 Å². The molecule has 0 atom stereocenters. The van der Waals surface area contributed by atoms with E-state index in [2.05, 4.69) is 11.5 Å². The lowest BCUT2D eigenvalue weighted by Gasteiger charge is -2.11.